The lowest BCUT2D eigenvalue weighted by molar-refractivity contribution is 0.0992. The van der Waals surface area contributed by atoms with E-state index < -0.39 is 11.3 Å². The van der Waals surface area contributed by atoms with Gasteiger partial charge in [0.25, 0.3) is 11.3 Å². The molecule has 3 aromatic rings. The maximum absolute atomic E-state index is 12.4. The Labute approximate surface area is 163 Å². The molecule has 26 heavy (non-hydrogen) atoms. The van der Waals surface area contributed by atoms with Crippen molar-refractivity contribution in [3.8, 4) is 21.6 Å². The second-order valence-electron chi connectivity index (χ2n) is 5.57. The molecular weight excluding hydrogens is 390 g/mol. The summed E-state index contributed by atoms with van der Waals surface area (Å²) in [6.07, 6.45) is 0.427. The van der Waals surface area contributed by atoms with Crippen molar-refractivity contribution in [3.63, 3.8) is 0 Å². The molecule has 2 N–H and O–H groups in total. The van der Waals surface area contributed by atoms with Crippen molar-refractivity contribution < 1.29 is 13.6 Å². The van der Waals surface area contributed by atoms with Crippen LogP contribution in [0, 0.1) is 0 Å². The summed E-state index contributed by atoms with van der Waals surface area (Å²) < 4.78 is 22.2. The van der Waals surface area contributed by atoms with E-state index in [2.05, 4.69) is 4.72 Å². The molecule has 1 heterocycles. The quantitative estimate of drug-likeness (QED) is 0.397. The first-order chi connectivity index (χ1) is 12.5. The van der Waals surface area contributed by atoms with E-state index in [0.29, 0.717) is 22.0 Å². The maximum atomic E-state index is 12.4. The highest BCUT2D eigenvalue weighted by Crippen LogP contribution is 2.38. The molecule has 0 aliphatic rings. The van der Waals surface area contributed by atoms with Gasteiger partial charge in [-0.25, -0.2) is 4.21 Å². The van der Waals surface area contributed by atoms with Crippen LogP contribution in [0.5, 0.6) is 0 Å². The molecule has 0 spiro atoms. The van der Waals surface area contributed by atoms with Gasteiger partial charge in [0.1, 0.15) is 0 Å². The molecule has 0 aliphatic heterocycles. The van der Waals surface area contributed by atoms with E-state index in [0.717, 1.165) is 21.6 Å². The monoisotopic (exact) mass is 405 g/mol. The molecule has 0 bridgehead atoms. The number of halogens is 1. The van der Waals surface area contributed by atoms with Gasteiger partial charge in [0.2, 0.25) is 0 Å². The van der Waals surface area contributed by atoms with E-state index in [-0.39, 0.29) is 5.78 Å². The van der Waals surface area contributed by atoms with Crippen molar-refractivity contribution >= 4 is 45.7 Å². The molecule has 0 aliphatic carbocycles. The third-order valence-electron chi connectivity index (χ3n) is 3.84. The molecule has 0 saturated heterocycles. The molecule has 3 rings (SSSR count). The average molecular weight is 406 g/mol. The number of rotatable bonds is 6. The van der Waals surface area contributed by atoms with E-state index in [9.17, 15) is 9.00 Å². The van der Waals surface area contributed by atoms with Gasteiger partial charge in [-0.15, -0.1) is 11.3 Å². The normalized spacial score (nSPS) is 12.0. The molecule has 0 saturated carbocycles. The van der Waals surface area contributed by atoms with Crippen LogP contribution in [0.3, 0.4) is 0 Å². The lowest BCUT2D eigenvalue weighted by Gasteiger charge is -2.05. The SMILES string of the molecule is CCC(=O)c1sc(-c2ccc(Cl)cc2)cc1-c1ccc(NS(=O)O)cc1. The van der Waals surface area contributed by atoms with Gasteiger partial charge in [0.05, 0.1) is 4.88 Å². The summed E-state index contributed by atoms with van der Waals surface area (Å²) in [6, 6.07) is 16.6. The lowest BCUT2D eigenvalue weighted by Crippen LogP contribution is -2.01. The first-order valence-corrected chi connectivity index (χ1v) is 10.2. The molecule has 1 unspecified atom stereocenters. The predicted molar refractivity (Wildman–Crippen MR) is 109 cm³/mol. The molecular formula is C19H16ClNO3S2. The summed E-state index contributed by atoms with van der Waals surface area (Å²) in [5, 5.41) is 0.666. The highest BCUT2D eigenvalue weighted by Gasteiger charge is 2.17. The number of hydrogen-bond donors (Lipinski definition) is 2. The molecule has 4 nitrogen and oxygen atoms in total. The predicted octanol–water partition coefficient (Wildman–Crippen LogP) is 5.88. The van der Waals surface area contributed by atoms with E-state index in [1.54, 1.807) is 12.1 Å². The summed E-state index contributed by atoms with van der Waals surface area (Å²) in [7, 11) is 0. The largest absolute Gasteiger partial charge is 0.293 e. The Balaban J connectivity index is 2.03. The fourth-order valence-electron chi connectivity index (χ4n) is 2.55. The van der Waals surface area contributed by atoms with Crippen LogP contribution in [0.2, 0.25) is 5.02 Å². The van der Waals surface area contributed by atoms with Gasteiger partial charge in [0, 0.05) is 27.6 Å². The zero-order valence-electron chi connectivity index (χ0n) is 13.9. The van der Waals surface area contributed by atoms with Crippen molar-refractivity contribution in [2.75, 3.05) is 4.72 Å². The topological polar surface area (TPSA) is 66.4 Å². The van der Waals surface area contributed by atoms with Crippen LogP contribution >= 0.6 is 22.9 Å². The minimum Gasteiger partial charge on any atom is -0.293 e. The third kappa shape index (κ3) is 4.22. The second kappa shape index (κ2) is 8.14. The van der Waals surface area contributed by atoms with E-state index in [1.165, 1.54) is 11.3 Å². The molecule has 7 heteroatoms. The number of carbonyl (C=O) groups excluding carboxylic acids is 1. The summed E-state index contributed by atoms with van der Waals surface area (Å²) in [5.74, 6) is 0.0869. The smallest absolute Gasteiger partial charge is 0.259 e. The molecule has 1 aromatic heterocycles. The zero-order valence-corrected chi connectivity index (χ0v) is 16.3. The number of benzene rings is 2. The molecule has 0 amide bonds. The van der Waals surface area contributed by atoms with Crippen LogP contribution in [-0.4, -0.2) is 14.5 Å². The fraction of sp³-hybridized carbons (Fsp3) is 0.105. The minimum absolute atomic E-state index is 0.0869. The van der Waals surface area contributed by atoms with Gasteiger partial charge >= 0.3 is 0 Å². The Bertz CT molecular complexity index is 950. The van der Waals surface area contributed by atoms with Gasteiger partial charge in [-0.3, -0.25) is 14.1 Å². The fourth-order valence-corrected chi connectivity index (χ4v) is 4.21. The highest BCUT2D eigenvalue weighted by atomic mass is 35.5. The number of carbonyl (C=O) groups is 1. The molecule has 2 aromatic carbocycles. The van der Waals surface area contributed by atoms with E-state index in [1.807, 2.05) is 49.4 Å². The summed E-state index contributed by atoms with van der Waals surface area (Å²) in [5.41, 5.74) is 3.28. The number of thiophene rings is 1. The Morgan fingerprint density at radius 3 is 2.31 bits per heavy atom. The summed E-state index contributed by atoms with van der Waals surface area (Å²) >= 11 is 5.31. The minimum atomic E-state index is -2.12. The van der Waals surface area contributed by atoms with E-state index in [4.69, 9.17) is 16.2 Å². The first kappa shape index (κ1) is 18.8. The third-order valence-corrected chi connectivity index (χ3v) is 5.72. The Kier molecular flexibility index (Phi) is 5.88. The molecule has 0 fully saturated rings. The summed E-state index contributed by atoms with van der Waals surface area (Å²) in [6.45, 7) is 1.84. The molecule has 1 atom stereocenters. The van der Waals surface area contributed by atoms with Crippen LogP contribution in [-0.2, 0) is 11.3 Å². The first-order valence-electron chi connectivity index (χ1n) is 7.89. The number of anilines is 1. The van der Waals surface area contributed by atoms with Crippen molar-refractivity contribution in [1.29, 1.82) is 0 Å². The summed E-state index contributed by atoms with van der Waals surface area (Å²) in [4.78, 5) is 14.1. The van der Waals surface area contributed by atoms with Gasteiger partial charge < -0.3 is 0 Å². The average Bonchev–Trinajstić information content (AvgIpc) is 3.07. The number of ketones is 1. The standard InChI is InChI=1S/C19H16ClNO3S2/c1-2-17(22)19-16(12-5-9-15(10-6-12)21-26(23)24)11-18(25-19)13-3-7-14(20)8-4-13/h3-11,21H,2H2,1H3,(H,23,24). The van der Waals surface area contributed by atoms with Crippen LogP contribution in [0.25, 0.3) is 21.6 Å². The Hall–Kier alpha value is -1.99. The Morgan fingerprint density at radius 2 is 1.73 bits per heavy atom. The van der Waals surface area contributed by atoms with Crippen LogP contribution in [0.15, 0.2) is 54.6 Å². The zero-order chi connectivity index (χ0) is 18.7. The van der Waals surface area contributed by atoms with Crippen LogP contribution in [0.1, 0.15) is 23.0 Å². The van der Waals surface area contributed by atoms with Crippen molar-refractivity contribution in [2.45, 2.75) is 13.3 Å². The van der Waals surface area contributed by atoms with Crippen LogP contribution < -0.4 is 4.72 Å². The van der Waals surface area contributed by atoms with Gasteiger partial charge in [-0.2, -0.15) is 0 Å². The van der Waals surface area contributed by atoms with Crippen molar-refractivity contribution in [3.05, 3.63) is 64.5 Å². The van der Waals surface area contributed by atoms with E-state index >= 15 is 0 Å². The molecule has 134 valence electrons. The molecule has 0 radical (unpaired) electrons. The number of hydrogen-bond acceptors (Lipinski definition) is 3. The number of Topliss-reactive ketones (excluding diaryl/α,β-unsaturated/α-hetero) is 1. The Morgan fingerprint density at radius 1 is 1.12 bits per heavy atom. The van der Waals surface area contributed by atoms with Gasteiger partial charge in [-0.05, 0) is 41.5 Å². The van der Waals surface area contributed by atoms with Crippen LogP contribution in [0.4, 0.5) is 5.69 Å². The van der Waals surface area contributed by atoms with Crippen molar-refractivity contribution in [1.82, 2.24) is 0 Å². The van der Waals surface area contributed by atoms with Gasteiger partial charge in [0.15, 0.2) is 5.78 Å². The van der Waals surface area contributed by atoms with Gasteiger partial charge in [-0.1, -0.05) is 42.8 Å². The highest BCUT2D eigenvalue weighted by molar-refractivity contribution is 7.80. The number of nitrogens with one attached hydrogen (secondary N) is 1. The maximum Gasteiger partial charge on any atom is 0.259 e. The second-order valence-corrected chi connectivity index (χ2v) is 7.76. The van der Waals surface area contributed by atoms with Crippen molar-refractivity contribution in [2.24, 2.45) is 0 Å². The lowest BCUT2D eigenvalue weighted by atomic mass is 10.0.